The van der Waals surface area contributed by atoms with Gasteiger partial charge in [0.1, 0.15) is 5.75 Å². The number of rotatable bonds is 8. The van der Waals surface area contributed by atoms with Crippen LogP contribution in [0.4, 0.5) is 0 Å². The van der Waals surface area contributed by atoms with E-state index in [1.807, 2.05) is 36.1 Å². The second-order valence-electron chi connectivity index (χ2n) is 9.13. The first-order valence-corrected chi connectivity index (χ1v) is 12.2. The first-order chi connectivity index (χ1) is 15.5. The lowest BCUT2D eigenvalue weighted by Gasteiger charge is -2.44. The lowest BCUT2D eigenvalue weighted by atomic mass is 9.84. The number of nitrogens with zero attached hydrogens (tertiary/aromatic N) is 2. The highest BCUT2D eigenvalue weighted by molar-refractivity contribution is 5.94. The van der Waals surface area contributed by atoms with Crippen molar-refractivity contribution in [2.75, 3.05) is 33.3 Å². The molecule has 1 aliphatic heterocycles. The molecule has 1 saturated carbocycles. The maximum atomic E-state index is 12.6. The van der Waals surface area contributed by atoms with E-state index in [0.29, 0.717) is 18.7 Å². The number of nitrogens with one attached hydrogen (secondary N) is 1. The molecule has 3 rings (SSSR count). The van der Waals surface area contributed by atoms with Crippen molar-refractivity contribution in [1.29, 1.82) is 0 Å². The third kappa shape index (κ3) is 6.58. The molecule has 1 aromatic carbocycles. The number of carbonyl (C=O) groups is 2. The SMILES string of the molecule is CCOc1ccccc1/C=C/C(=O)NCC(=O)N1CCC(N(C)C2CCCCC2C)CC1. The number of likely N-dealkylation sites (tertiary alicyclic amines) is 1. The summed E-state index contributed by atoms with van der Waals surface area (Å²) in [6.07, 6.45) is 10.5. The van der Waals surface area contributed by atoms with Gasteiger partial charge in [-0.15, -0.1) is 0 Å². The smallest absolute Gasteiger partial charge is 0.244 e. The first-order valence-electron chi connectivity index (χ1n) is 12.2. The van der Waals surface area contributed by atoms with Gasteiger partial charge in [0, 0.05) is 36.8 Å². The number of amides is 2. The van der Waals surface area contributed by atoms with Crippen LogP contribution in [-0.4, -0.2) is 67.0 Å². The molecule has 0 bridgehead atoms. The highest BCUT2D eigenvalue weighted by Crippen LogP contribution is 2.30. The Kier molecular flexibility index (Phi) is 9.15. The molecule has 6 heteroatoms. The zero-order chi connectivity index (χ0) is 22.9. The van der Waals surface area contributed by atoms with Crippen LogP contribution >= 0.6 is 0 Å². The fraction of sp³-hybridized carbons (Fsp3) is 0.615. The van der Waals surface area contributed by atoms with E-state index in [-0.39, 0.29) is 18.4 Å². The average Bonchev–Trinajstić information content (AvgIpc) is 2.82. The predicted molar refractivity (Wildman–Crippen MR) is 128 cm³/mol. The number of hydrogen-bond donors (Lipinski definition) is 1. The van der Waals surface area contributed by atoms with Gasteiger partial charge in [0.15, 0.2) is 0 Å². The topological polar surface area (TPSA) is 61.9 Å². The maximum absolute atomic E-state index is 12.6. The minimum absolute atomic E-state index is 0.00592. The number of benzene rings is 1. The van der Waals surface area contributed by atoms with Gasteiger partial charge in [-0.2, -0.15) is 0 Å². The largest absolute Gasteiger partial charge is 0.493 e. The quantitative estimate of drug-likeness (QED) is 0.625. The van der Waals surface area contributed by atoms with Crippen molar-refractivity contribution >= 4 is 17.9 Å². The minimum Gasteiger partial charge on any atom is -0.493 e. The van der Waals surface area contributed by atoms with Crippen molar-refractivity contribution in [3.8, 4) is 5.75 Å². The van der Waals surface area contributed by atoms with Gasteiger partial charge in [-0.25, -0.2) is 0 Å². The summed E-state index contributed by atoms with van der Waals surface area (Å²) >= 11 is 0. The molecule has 2 fully saturated rings. The molecule has 0 aromatic heterocycles. The summed E-state index contributed by atoms with van der Waals surface area (Å²) in [4.78, 5) is 29.3. The molecule has 1 aromatic rings. The summed E-state index contributed by atoms with van der Waals surface area (Å²) in [7, 11) is 2.27. The predicted octanol–water partition coefficient (Wildman–Crippen LogP) is 3.72. The molecule has 1 aliphatic carbocycles. The standard InChI is InChI=1S/C26H39N3O3/c1-4-32-24-12-8-6-10-21(24)13-14-25(30)27-19-26(31)29-17-15-22(16-18-29)28(3)23-11-7-5-9-20(23)2/h6,8,10,12-14,20,22-23H,4-5,7,9,11,15-19H2,1-3H3,(H,27,30)/b14-13+. The number of piperidine rings is 1. The van der Waals surface area contributed by atoms with Gasteiger partial charge in [0.2, 0.25) is 11.8 Å². The fourth-order valence-corrected chi connectivity index (χ4v) is 5.10. The Balaban J connectivity index is 1.42. The number of carbonyl (C=O) groups excluding carboxylic acids is 2. The molecule has 32 heavy (non-hydrogen) atoms. The summed E-state index contributed by atoms with van der Waals surface area (Å²) in [6.45, 7) is 6.45. The van der Waals surface area contributed by atoms with Crippen LogP contribution in [0.15, 0.2) is 30.3 Å². The number of hydrogen-bond acceptors (Lipinski definition) is 4. The summed E-state index contributed by atoms with van der Waals surface area (Å²) in [6, 6.07) is 8.80. The van der Waals surface area contributed by atoms with E-state index in [1.54, 1.807) is 6.08 Å². The van der Waals surface area contributed by atoms with Crippen molar-refractivity contribution in [3.05, 3.63) is 35.9 Å². The Hall–Kier alpha value is -2.34. The van der Waals surface area contributed by atoms with Crippen LogP contribution in [0.5, 0.6) is 5.75 Å². The van der Waals surface area contributed by atoms with E-state index < -0.39 is 0 Å². The Morgan fingerprint density at radius 1 is 1.16 bits per heavy atom. The van der Waals surface area contributed by atoms with Gasteiger partial charge in [-0.1, -0.05) is 38.0 Å². The molecular weight excluding hydrogens is 402 g/mol. The maximum Gasteiger partial charge on any atom is 0.244 e. The van der Waals surface area contributed by atoms with Crippen molar-refractivity contribution in [2.24, 2.45) is 5.92 Å². The van der Waals surface area contributed by atoms with E-state index in [9.17, 15) is 9.59 Å². The number of ether oxygens (including phenoxy) is 1. The van der Waals surface area contributed by atoms with E-state index in [2.05, 4.69) is 24.2 Å². The Labute approximate surface area is 193 Å². The Bertz CT molecular complexity index is 786. The molecule has 2 amide bonds. The second-order valence-corrected chi connectivity index (χ2v) is 9.13. The number of para-hydroxylation sites is 1. The van der Waals surface area contributed by atoms with E-state index >= 15 is 0 Å². The van der Waals surface area contributed by atoms with Crippen LogP contribution in [0, 0.1) is 5.92 Å². The Morgan fingerprint density at radius 3 is 2.59 bits per heavy atom. The van der Waals surface area contributed by atoms with Gasteiger partial charge < -0.3 is 19.9 Å². The molecule has 0 radical (unpaired) electrons. The first kappa shape index (κ1) is 24.3. The highest BCUT2D eigenvalue weighted by atomic mass is 16.5. The lowest BCUT2D eigenvalue weighted by Crippen LogP contribution is -2.51. The molecule has 176 valence electrons. The highest BCUT2D eigenvalue weighted by Gasteiger charge is 2.32. The molecular formula is C26H39N3O3. The molecule has 1 heterocycles. The molecule has 1 saturated heterocycles. The van der Waals surface area contributed by atoms with Crippen LogP contribution in [0.2, 0.25) is 0 Å². The van der Waals surface area contributed by atoms with Gasteiger partial charge >= 0.3 is 0 Å². The zero-order valence-corrected chi connectivity index (χ0v) is 19.9. The van der Waals surface area contributed by atoms with Gasteiger partial charge in [-0.05, 0) is 57.7 Å². The molecule has 6 nitrogen and oxygen atoms in total. The fourth-order valence-electron chi connectivity index (χ4n) is 5.10. The molecule has 2 atom stereocenters. The van der Waals surface area contributed by atoms with E-state index in [4.69, 9.17) is 4.74 Å². The van der Waals surface area contributed by atoms with Crippen LogP contribution in [-0.2, 0) is 9.59 Å². The molecule has 0 spiro atoms. The van der Waals surface area contributed by atoms with Gasteiger partial charge in [0.05, 0.1) is 13.2 Å². The van der Waals surface area contributed by atoms with Crippen LogP contribution in [0.1, 0.15) is 57.9 Å². The molecule has 1 N–H and O–H groups in total. The molecule has 2 unspecified atom stereocenters. The van der Waals surface area contributed by atoms with Crippen LogP contribution in [0.3, 0.4) is 0 Å². The summed E-state index contributed by atoms with van der Waals surface area (Å²) in [5.41, 5.74) is 0.842. The van der Waals surface area contributed by atoms with Crippen molar-refractivity contribution in [1.82, 2.24) is 15.1 Å². The van der Waals surface area contributed by atoms with Crippen LogP contribution < -0.4 is 10.1 Å². The summed E-state index contributed by atoms with van der Waals surface area (Å²) in [5.74, 6) is 1.22. The average molecular weight is 442 g/mol. The monoisotopic (exact) mass is 441 g/mol. The van der Waals surface area contributed by atoms with Gasteiger partial charge in [-0.3, -0.25) is 9.59 Å². The second kappa shape index (κ2) is 12.0. The lowest BCUT2D eigenvalue weighted by molar-refractivity contribution is -0.133. The van der Waals surface area contributed by atoms with Gasteiger partial charge in [0.25, 0.3) is 0 Å². The van der Waals surface area contributed by atoms with Crippen molar-refractivity contribution in [3.63, 3.8) is 0 Å². The summed E-state index contributed by atoms with van der Waals surface area (Å²) in [5, 5.41) is 2.72. The van der Waals surface area contributed by atoms with Crippen molar-refractivity contribution < 1.29 is 14.3 Å². The van der Waals surface area contributed by atoms with E-state index in [1.165, 1.54) is 31.8 Å². The third-order valence-electron chi connectivity index (χ3n) is 7.03. The summed E-state index contributed by atoms with van der Waals surface area (Å²) < 4.78 is 5.57. The third-order valence-corrected chi connectivity index (χ3v) is 7.03. The van der Waals surface area contributed by atoms with Crippen molar-refractivity contribution in [2.45, 2.75) is 64.5 Å². The Morgan fingerprint density at radius 2 is 1.88 bits per heavy atom. The molecule has 2 aliphatic rings. The normalized spacial score (nSPS) is 22.3. The zero-order valence-electron chi connectivity index (χ0n) is 19.9. The van der Waals surface area contributed by atoms with Crippen LogP contribution in [0.25, 0.3) is 6.08 Å². The van der Waals surface area contributed by atoms with E-state index in [0.717, 1.165) is 43.2 Å². The minimum atomic E-state index is -0.273.